The van der Waals surface area contributed by atoms with Gasteiger partial charge in [0.05, 0.1) is 18.9 Å². The molecule has 0 spiro atoms. The third kappa shape index (κ3) is 4.47. The summed E-state index contributed by atoms with van der Waals surface area (Å²) in [5.41, 5.74) is 0.193. The molecule has 19 heavy (non-hydrogen) atoms. The third-order valence-corrected chi connectivity index (χ3v) is 2.49. The van der Waals surface area contributed by atoms with Crippen molar-refractivity contribution in [3.63, 3.8) is 0 Å². The second-order valence-corrected chi connectivity index (χ2v) is 5.23. The number of anilines is 1. The van der Waals surface area contributed by atoms with Crippen LogP contribution in [0.5, 0.6) is 11.5 Å². The highest BCUT2D eigenvalue weighted by Crippen LogP contribution is 2.30. The number of carbonyl (C=O) groups is 1. The van der Waals surface area contributed by atoms with E-state index in [0.29, 0.717) is 24.7 Å². The fourth-order valence-electron chi connectivity index (χ4n) is 1.45. The van der Waals surface area contributed by atoms with Crippen LogP contribution in [0.1, 0.15) is 34.6 Å². The number of benzene rings is 1. The number of nitrogens with one attached hydrogen (secondary N) is 1. The van der Waals surface area contributed by atoms with Crippen molar-refractivity contribution in [3.8, 4) is 11.5 Å². The van der Waals surface area contributed by atoms with E-state index in [1.165, 1.54) is 0 Å². The van der Waals surface area contributed by atoms with E-state index in [4.69, 9.17) is 9.47 Å². The summed E-state index contributed by atoms with van der Waals surface area (Å²) in [6, 6.07) is 5.44. The van der Waals surface area contributed by atoms with Crippen LogP contribution in [0.15, 0.2) is 18.2 Å². The van der Waals surface area contributed by atoms with Crippen molar-refractivity contribution < 1.29 is 14.3 Å². The van der Waals surface area contributed by atoms with E-state index in [1.54, 1.807) is 6.07 Å². The summed E-state index contributed by atoms with van der Waals surface area (Å²) in [7, 11) is 0. The molecule has 0 aromatic heterocycles. The monoisotopic (exact) mass is 265 g/mol. The van der Waals surface area contributed by atoms with Crippen LogP contribution in [0, 0.1) is 5.41 Å². The number of ether oxygens (including phenoxy) is 2. The minimum absolute atomic E-state index is 0.0536. The topological polar surface area (TPSA) is 47.6 Å². The van der Waals surface area contributed by atoms with Crippen LogP contribution in [-0.2, 0) is 4.79 Å². The maximum atomic E-state index is 12.1. The van der Waals surface area contributed by atoms with Crippen LogP contribution in [0.2, 0.25) is 0 Å². The molecular weight excluding hydrogens is 242 g/mol. The fourth-order valence-corrected chi connectivity index (χ4v) is 1.45. The fraction of sp³-hybridized carbons (Fsp3) is 0.533. The zero-order valence-electron chi connectivity index (χ0n) is 12.4. The summed E-state index contributed by atoms with van der Waals surface area (Å²) in [4.78, 5) is 12.1. The predicted octanol–water partition coefficient (Wildman–Crippen LogP) is 3.47. The van der Waals surface area contributed by atoms with Gasteiger partial charge in [-0.1, -0.05) is 20.8 Å². The van der Waals surface area contributed by atoms with E-state index in [2.05, 4.69) is 5.32 Å². The normalized spacial score (nSPS) is 11.0. The van der Waals surface area contributed by atoms with Crippen LogP contribution in [0.25, 0.3) is 0 Å². The molecule has 0 saturated carbocycles. The molecule has 1 aromatic carbocycles. The van der Waals surface area contributed by atoms with E-state index in [0.717, 1.165) is 5.75 Å². The first kappa shape index (κ1) is 15.3. The Kier molecular flexibility index (Phi) is 5.21. The number of hydrogen-bond donors (Lipinski definition) is 1. The third-order valence-electron chi connectivity index (χ3n) is 2.49. The van der Waals surface area contributed by atoms with E-state index in [1.807, 2.05) is 46.8 Å². The molecule has 1 N–H and O–H groups in total. The molecule has 0 fully saturated rings. The maximum absolute atomic E-state index is 12.1. The second kappa shape index (κ2) is 6.45. The van der Waals surface area contributed by atoms with Crippen molar-refractivity contribution in [2.24, 2.45) is 5.41 Å². The second-order valence-electron chi connectivity index (χ2n) is 5.23. The molecule has 106 valence electrons. The number of rotatable bonds is 5. The lowest BCUT2D eigenvalue weighted by atomic mass is 9.95. The SMILES string of the molecule is CCOc1ccc(OCC)c(NC(=O)C(C)(C)C)c1. The smallest absolute Gasteiger partial charge is 0.229 e. The lowest BCUT2D eigenvalue weighted by Gasteiger charge is -2.20. The lowest BCUT2D eigenvalue weighted by Crippen LogP contribution is -2.27. The predicted molar refractivity (Wildman–Crippen MR) is 76.9 cm³/mol. The van der Waals surface area contributed by atoms with Gasteiger partial charge in [-0.05, 0) is 26.0 Å². The Morgan fingerprint density at radius 3 is 2.32 bits per heavy atom. The number of hydrogen-bond acceptors (Lipinski definition) is 3. The molecule has 1 rings (SSSR count). The Bertz CT molecular complexity index is 436. The Hall–Kier alpha value is -1.71. The minimum atomic E-state index is -0.453. The van der Waals surface area contributed by atoms with Gasteiger partial charge in [0.2, 0.25) is 5.91 Å². The van der Waals surface area contributed by atoms with E-state index in [-0.39, 0.29) is 5.91 Å². The quantitative estimate of drug-likeness (QED) is 0.886. The van der Waals surface area contributed by atoms with Gasteiger partial charge in [0.1, 0.15) is 11.5 Å². The first-order valence-electron chi connectivity index (χ1n) is 6.59. The average molecular weight is 265 g/mol. The van der Waals surface area contributed by atoms with Crippen LogP contribution < -0.4 is 14.8 Å². The van der Waals surface area contributed by atoms with Gasteiger partial charge in [0, 0.05) is 11.5 Å². The molecule has 0 unspecified atom stereocenters. The summed E-state index contributed by atoms with van der Waals surface area (Å²) in [5, 5.41) is 2.89. The van der Waals surface area contributed by atoms with Crippen molar-refractivity contribution in [1.82, 2.24) is 0 Å². The summed E-state index contributed by atoms with van der Waals surface area (Å²) in [6.07, 6.45) is 0. The molecule has 0 heterocycles. The summed E-state index contributed by atoms with van der Waals surface area (Å²) < 4.78 is 11.0. The Morgan fingerprint density at radius 2 is 1.79 bits per heavy atom. The highest BCUT2D eigenvalue weighted by atomic mass is 16.5. The van der Waals surface area contributed by atoms with Gasteiger partial charge in [0.15, 0.2) is 0 Å². The minimum Gasteiger partial charge on any atom is -0.494 e. The van der Waals surface area contributed by atoms with Crippen LogP contribution in [-0.4, -0.2) is 19.1 Å². The maximum Gasteiger partial charge on any atom is 0.229 e. The highest BCUT2D eigenvalue weighted by Gasteiger charge is 2.22. The van der Waals surface area contributed by atoms with E-state index < -0.39 is 5.41 Å². The molecule has 0 aliphatic heterocycles. The van der Waals surface area contributed by atoms with Gasteiger partial charge in [-0.25, -0.2) is 0 Å². The Morgan fingerprint density at radius 1 is 1.16 bits per heavy atom. The van der Waals surface area contributed by atoms with Gasteiger partial charge in [0.25, 0.3) is 0 Å². The first-order valence-corrected chi connectivity index (χ1v) is 6.59. The molecule has 4 heteroatoms. The van der Waals surface area contributed by atoms with Crippen molar-refractivity contribution in [2.75, 3.05) is 18.5 Å². The molecule has 0 atom stereocenters. The van der Waals surface area contributed by atoms with E-state index in [9.17, 15) is 4.79 Å². The molecule has 1 amide bonds. The standard InChI is InChI=1S/C15H23NO3/c1-6-18-11-8-9-13(19-7-2)12(10-11)16-14(17)15(3,4)5/h8-10H,6-7H2,1-5H3,(H,16,17). The zero-order chi connectivity index (χ0) is 14.5. The van der Waals surface area contributed by atoms with Gasteiger partial charge in [-0.3, -0.25) is 4.79 Å². The Labute approximate surface area is 115 Å². The summed E-state index contributed by atoms with van der Waals surface area (Å²) in [6.45, 7) is 10.6. The Balaban J connectivity index is 3.00. The molecule has 0 aliphatic carbocycles. The van der Waals surface area contributed by atoms with Crippen LogP contribution in [0.4, 0.5) is 5.69 Å². The van der Waals surface area contributed by atoms with Crippen molar-refractivity contribution in [3.05, 3.63) is 18.2 Å². The van der Waals surface area contributed by atoms with Gasteiger partial charge < -0.3 is 14.8 Å². The number of amides is 1. The molecule has 1 aromatic rings. The van der Waals surface area contributed by atoms with Crippen molar-refractivity contribution in [1.29, 1.82) is 0 Å². The molecule has 0 saturated heterocycles. The first-order chi connectivity index (χ1) is 8.88. The molecular formula is C15H23NO3. The largest absolute Gasteiger partial charge is 0.494 e. The van der Waals surface area contributed by atoms with Gasteiger partial charge in [-0.15, -0.1) is 0 Å². The lowest BCUT2D eigenvalue weighted by molar-refractivity contribution is -0.123. The highest BCUT2D eigenvalue weighted by molar-refractivity contribution is 5.96. The van der Waals surface area contributed by atoms with Crippen LogP contribution >= 0.6 is 0 Å². The molecule has 0 aliphatic rings. The molecule has 0 radical (unpaired) electrons. The average Bonchev–Trinajstić information content (AvgIpc) is 2.32. The van der Waals surface area contributed by atoms with Crippen molar-refractivity contribution in [2.45, 2.75) is 34.6 Å². The molecule has 4 nitrogen and oxygen atoms in total. The van der Waals surface area contributed by atoms with Gasteiger partial charge >= 0.3 is 0 Å². The van der Waals surface area contributed by atoms with Gasteiger partial charge in [-0.2, -0.15) is 0 Å². The van der Waals surface area contributed by atoms with E-state index >= 15 is 0 Å². The summed E-state index contributed by atoms with van der Waals surface area (Å²) >= 11 is 0. The zero-order valence-corrected chi connectivity index (χ0v) is 12.4. The van der Waals surface area contributed by atoms with Crippen LogP contribution in [0.3, 0.4) is 0 Å². The summed E-state index contributed by atoms with van der Waals surface area (Å²) in [5.74, 6) is 1.32. The van der Waals surface area contributed by atoms with Crippen molar-refractivity contribution >= 4 is 11.6 Å². The molecule has 0 bridgehead atoms. The number of carbonyl (C=O) groups excluding carboxylic acids is 1.